The normalized spacial score (nSPS) is 15.6. The largest absolute Gasteiger partial charge is 0.477 e. The minimum absolute atomic E-state index is 0.239. The number of aromatic carboxylic acids is 1. The van der Waals surface area contributed by atoms with Gasteiger partial charge in [0, 0.05) is 12.6 Å². The van der Waals surface area contributed by atoms with Crippen molar-refractivity contribution in [2.45, 2.75) is 19.3 Å². The van der Waals surface area contributed by atoms with E-state index in [0.29, 0.717) is 6.54 Å². The molecular formula is C13H17N3O5. The van der Waals surface area contributed by atoms with Gasteiger partial charge in [0.25, 0.3) is 5.88 Å². The molecule has 1 aromatic rings. The van der Waals surface area contributed by atoms with Crippen LogP contribution >= 0.6 is 0 Å². The van der Waals surface area contributed by atoms with Gasteiger partial charge < -0.3 is 9.84 Å². The maximum atomic E-state index is 10.9. The molecule has 2 rings (SSSR count). The maximum absolute atomic E-state index is 10.9. The van der Waals surface area contributed by atoms with E-state index >= 15 is 0 Å². The number of aromatic nitrogens is 1. The number of carboxylic acid groups (broad SMARTS) is 1. The molecule has 8 nitrogen and oxygen atoms in total. The number of piperidine rings is 1. The van der Waals surface area contributed by atoms with Crippen LogP contribution in [0.2, 0.25) is 0 Å². The van der Waals surface area contributed by atoms with Crippen LogP contribution in [0.15, 0.2) is 12.1 Å². The second-order valence-corrected chi connectivity index (χ2v) is 4.83. The number of hydrogen-bond acceptors (Lipinski definition) is 6. The first-order valence-electron chi connectivity index (χ1n) is 6.82. The molecule has 1 saturated heterocycles. The maximum Gasteiger partial charge on any atom is 0.354 e. The van der Waals surface area contributed by atoms with Crippen LogP contribution in [-0.2, 0) is 0 Å². The SMILES string of the molecule is O=C(O)c1ccc([N+](=O)[O-])c(OCCN2CCCCC2)n1. The second kappa shape index (κ2) is 6.98. The molecule has 0 radical (unpaired) electrons. The van der Waals surface area contributed by atoms with Crippen LogP contribution < -0.4 is 4.74 Å². The highest BCUT2D eigenvalue weighted by atomic mass is 16.6. The number of pyridine rings is 1. The van der Waals surface area contributed by atoms with E-state index in [1.165, 1.54) is 6.42 Å². The van der Waals surface area contributed by atoms with Crippen LogP contribution in [0.3, 0.4) is 0 Å². The molecule has 8 heteroatoms. The van der Waals surface area contributed by atoms with Crippen LogP contribution in [0, 0.1) is 10.1 Å². The van der Waals surface area contributed by atoms with Gasteiger partial charge in [0.2, 0.25) is 0 Å². The number of carboxylic acids is 1. The third-order valence-electron chi connectivity index (χ3n) is 3.35. The molecule has 0 bridgehead atoms. The molecule has 0 spiro atoms. The van der Waals surface area contributed by atoms with E-state index in [0.717, 1.165) is 38.1 Å². The predicted molar refractivity (Wildman–Crippen MR) is 73.6 cm³/mol. The lowest BCUT2D eigenvalue weighted by Crippen LogP contribution is -2.33. The Bertz CT molecular complexity index is 529. The summed E-state index contributed by atoms with van der Waals surface area (Å²) < 4.78 is 5.33. The Labute approximate surface area is 121 Å². The number of carbonyl (C=O) groups is 1. The molecule has 21 heavy (non-hydrogen) atoms. The lowest BCUT2D eigenvalue weighted by molar-refractivity contribution is -0.386. The minimum Gasteiger partial charge on any atom is -0.477 e. The average molecular weight is 295 g/mol. The quantitative estimate of drug-likeness (QED) is 0.626. The van der Waals surface area contributed by atoms with Gasteiger partial charge in [-0.3, -0.25) is 15.0 Å². The number of hydrogen-bond donors (Lipinski definition) is 1. The third kappa shape index (κ3) is 4.12. The molecule has 1 aliphatic rings. The first kappa shape index (κ1) is 15.2. The zero-order valence-corrected chi connectivity index (χ0v) is 11.5. The molecule has 1 N–H and O–H groups in total. The average Bonchev–Trinajstić information content (AvgIpc) is 2.48. The van der Waals surface area contributed by atoms with E-state index in [4.69, 9.17) is 9.84 Å². The Balaban J connectivity index is 2.00. The van der Waals surface area contributed by atoms with Gasteiger partial charge in [-0.2, -0.15) is 0 Å². The summed E-state index contributed by atoms with van der Waals surface area (Å²) in [7, 11) is 0. The summed E-state index contributed by atoms with van der Waals surface area (Å²) in [6.45, 7) is 2.88. The fourth-order valence-corrected chi connectivity index (χ4v) is 2.25. The predicted octanol–water partition coefficient (Wildman–Crippen LogP) is 1.55. The summed E-state index contributed by atoms with van der Waals surface area (Å²) in [5, 5.41) is 19.8. The van der Waals surface area contributed by atoms with Crippen molar-refractivity contribution >= 4 is 11.7 Å². The van der Waals surface area contributed by atoms with Crippen molar-refractivity contribution < 1.29 is 19.6 Å². The smallest absolute Gasteiger partial charge is 0.354 e. The molecule has 0 atom stereocenters. The van der Waals surface area contributed by atoms with Gasteiger partial charge in [0.1, 0.15) is 6.61 Å². The van der Waals surface area contributed by atoms with Gasteiger partial charge in [0.15, 0.2) is 5.69 Å². The van der Waals surface area contributed by atoms with E-state index in [2.05, 4.69) is 9.88 Å². The van der Waals surface area contributed by atoms with Gasteiger partial charge in [-0.05, 0) is 32.0 Å². The molecule has 0 saturated carbocycles. The fraction of sp³-hybridized carbons (Fsp3) is 0.538. The fourth-order valence-electron chi connectivity index (χ4n) is 2.25. The number of ether oxygens (including phenoxy) is 1. The van der Waals surface area contributed by atoms with Crippen LogP contribution in [-0.4, -0.2) is 52.1 Å². The van der Waals surface area contributed by atoms with Gasteiger partial charge >= 0.3 is 11.7 Å². The van der Waals surface area contributed by atoms with Gasteiger partial charge in [-0.1, -0.05) is 6.42 Å². The molecule has 0 aliphatic carbocycles. The van der Waals surface area contributed by atoms with Crippen molar-refractivity contribution in [1.29, 1.82) is 0 Å². The lowest BCUT2D eigenvalue weighted by Gasteiger charge is -2.25. The number of likely N-dealkylation sites (tertiary alicyclic amines) is 1. The zero-order chi connectivity index (χ0) is 15.2. The molecule has 114 valence electrons. The van der Waals surface area contributed by atoms with Crippen molar-refractivity contribution in [3.05, 3.63) is 27.9 Å². The van der Waals surface area contributed by atoms with E-state index < -0.39 is 10.9 Å². The van der Waals surface area contributed by atoms with Gasteiger partial charge in [0.05, 0.1) is 4.92 Å². The number of nitrogens with zero attached hydrogens (tertiary/aromatic N) is 3. The molecule has 0 amide bonds. The molecule has 0 aromatic carbocycles. The molecule has 2 heterocycles. The van der Waals surface area contributed by atoms with Crippen LogP contribution in [0.5, 0.6) is 5.88 Å². The minimum atomic E-state index is -1.24. The summed E-state index contributed by atoms with van der Waals surface area (Å²) in [6.07, 6.45) is 3.52. The Morgan fingerprint density at radius 1 is 1.38 bits per heavy atom. The first-order chi connectivity index (χ1) is 10.1. The third-order valence-corrected chi connectivity index (χ3v) is 3.35. The van der Waals surface area contributed by atoms with E-state index in [9.17, 15) is 14.9 Å². The van der Waals surface area contributed by atoms with Crippen LogP contribution in [0.4, 0.5) is 5.69 Å². The lowest BCUT2D eigenvalue weighted by atomic mass is 10.1. The highest BCUT2D eigenvalue weighted by Gasteiger charge is 2.20. The summed E-state index contributed by atoms with van der Waals surface area (Å²) >= 11 is 0. The van der Waals surface area contributed by atoms with Crippen molar-refractivity contribution in [1.82, 2.24) is 9.88 Å². The topological polar surface area (TPSA) is 106 Å². The Hall–Kier alpha value is -2.22. The molecular weight excluding hydrogens is 278 g/mol. The van der Waals surface area contributed by atoms with E-state index in [1.807, 2.05) is 0 Å². The van der Waals surface area contributed by atoms with Crippen molar-refractivity contribution in [2.75, 3.05) is 26.2 Å². The Morgan fingerprint density at radius 2 is 2.10 bits per heavy atom. The number of nitro groups is 1. The Kier molecular flexibility index (Phi) is 5.04. The van der Waals surface area contributed by atoms with Crippen LogP contribution in [0.25, 0.3) is 0 Å². The summed E-state index contributed by atoms with van der Waals surface area (Å²) in [4.78, 5) is 27.0. The van der Waals surface area contributed by atoms with Crippen molar-refractivity contribution in [2.24, 2.45) is 0 Å². The summed E-state index contributed by atoms with van der Waals surface area (Å²) in [5.74, 6) is -1.48. The zero-order valence-electron chi connectivity index (χ0n) is 11.5. The molecule has 1 aliphatic heterocycles. The first-order valence-corrected chi connectivity index (χ1v) is 6.82. The molecule has 0 unspecified atom stereocenters. The second-order valence-electron chi connectivity index (χ2n) is 4.83. The van der Waals surface area contributed by atoms with Crippen LogP contribution in [0.1, 0.15) is 29.8 Å². The highest BCUT2D eigenvalue weighted by Crippen LogP contribution is 2.24. The Morgan fingerprint density at radius 3 is 2.71 bits per heavy atom. The van der Waals surface area contributed by atoms with Gasteiger partial charge in [-0.15, -0.1) is 0 Å². The summed E-state index contributed by atoms with van der Waals surface area (Å²) in [6, 6.07) is 2.20. The van der Waals surface area contributed by atoms with Crippen molar-refractivity contribution in [3.8, 4) is 5.88 Å². The molecule has 1 aromatic heterocycles. The van der Waals surface area contributed by atoms with Crippen molar-refractivity contribution in [3.63, 3.8) is 0 Å². The van der Waals surface area contributed by atoms with E-state index in [-0.39, 0.29) is 23.9 Å². The highest BCUT2D eigenvalue weighted by molar-refractivity contribution is 5.85. The summed E-state index contributed by atoms with van der Waals surface area (Å²) in [5.41, 5.74) is -0.591. The standard InChI is InChI=1S/C13H17N3O5/c17-13(18)10-4-5-11(16(19)20)12(14-10)21-9-8-15-6-2-1-3-7-15/h4-5H,1-3,6-9H2,(H,17,18). The molecule has 1 fully saturated rings. The van der Waals surface area contributed by atoms with Gasteiger partial charge in [-0.25, -0.2) is 9.78 Å². The number of rotatable bonds is 6. The monoisotopic (exact) mass is 295 g/mol. The van der Waals surface area contributed by atoms with E-state index in [1.54, 1.807) is 0 Å².